The number of aromatic nitrogens is 1. The van der Waals surface area contributed by atoms with Crippen molar-refractivity contribution < 1.29 is 25.8 Å². The van der Waals surface area contributed by atoms with Gasteiger partial charge in [-0.1, -0.05) is 108 Å². The van der Waals surface area contributed by atoms with Crippen molar-refractivity contribution in [2.24, 2.45) is 0 Å². The molecule has 2 aliphatic rings. The molecule has 63 heavy (non-hydrogen) atoms. The van der Waals surface area contributed by atoms with Crippen molar-refractivity contribution in [3.8, 4) is 0 Å². The van der Waals surface area contributed by atoms with E-state index in [-0.39, 0.29) is 23.9 Å². The number of hydrogen-bond acceptors (Lipinski definition) is 6. The molecule has 1 N–H and O–H groups in total. The Kier molecular flexibility index (Phi) is 15.5. The topological polar surface area (TPSA) is 66.8 Å². The number of benzene rings is 3. The summed E-state index contributed by atoms with van der Waals surface area (Å²) in [5.41, 5.74) is 0.0183. The average Bonchev–Trinajstić information content (AvgIpc) is 3.58. The molecule has 0 saturated heterocycles. The summed E-state index contributed by atoms with van der Waals surface area (Å²) < 4.78 is 75.5. The second-order valence-electron chi connectivity index (χ2n) is 17.0. The minimum atomic E-state index is -5.98. The molecule has 0 spiro atoms. The van der Waals surface area contributed by atoms with Crippen LogP contribution in [-0.2, 0) is 14.3 Å². The summed E-state index contributed by atoms with van der Waals surface area (Å²) in [4.78, 5) is 4.78. The van der Waals surface area contributed by atoms with Gasteiger partial charge in [-0.15, -0.1) is 0 Å². The summed E-state index contributed by atoms with van der Waals surface area (Å²) in [6.45, 7) is 25.3. The zero-order chi connectivity index (χ0) is 45.6. The number of nitrogens with one attached hydrogen (secondary N) is 1. The highest BCUT2D eigenvalue weighted by Gasteiger charge is 2.49. The van der Waals surface area contributed by atoms with Gasteiger partial charge in [0.1, 0.15) is 5.76 Å². The first-order valence-electron chi connectivity index (χ1n) is 23.1. The highest BCUT2D eigenvalue weighted by molar-refractivity contribution is 7.87. The molecule has 7 nitrogen and oxygen atoms in total. The number of rotatable bonds is 19. The van der Waals surface area contributed by atoms with Gasteiger partial charge in [0.25, 0.3) is 0 Å². The molecule has 0 fully saturated rings. The average molecular weight is 885 g/mol. The Hall–Kier alpha value is -4.74. The van der Waals surface area contributed by atoms with Crippen LogP contribution >= 0.6 is 0 Å². The van der Waals surface area contributed by atoms with Gasteiger partial charge in [0.05, 0.1) is 0 Å². The van der Waals surface area contributed by atoms with Gasteiger partial charge in [-0.2, -0.15) is 21.6 Å². The minimum Gasteiger partial charge on any atom is -0.382 e. The summed E-state index contributed by atoms with van der Waals surface area (Å²) in [6, 6.07) is 17.4. The normalized spacial score (nSPS) is 17.9. The van der Waals surface area contributed by atoms with E-state index in [4.69, 9.17) is 4.18 Å². The molecule has 0 saturated carbocycles. The SMILES string of the molecule is C=C(/C=C/C1=C(OS(=O)(=O)C(F)(F)F)C(=C/C=c2\c3cccc4c3c(n2[C@H](C)CCC)=CCC4N(CC)CC)/CCC1)c1cccc2c(N(CC)CC)ccc(NC(C)CCC)c12. The van der Waals surface area contributed by atoms with Crippen molar-refractivity contribution >= 4 is 60.8 Å². The van der Waals surface area contributed by atoms with E-state index in [1.54, 1.807) is 18.2 Å². The van der Waals surface area contributed by atoms with Gasteiger partial charge in [0, 0.05) is 74.8 Å². The van der Waals surface area contributed by atoms with Crippen LogP contribution in [0.2, 0.25) is 0 Å². The predicted octanol–water partition coefficient (Wildman–Crippen LogP) is 12.5. The van der Waals surface area contributed by atoms with Crippen molar-refractivity contribution in [2.75, 3.05) is 36.4 Å². The first-order valence-corrected chi connectivity index (χ1v) is 24.5. The largest absolute Gasteiger partial charge is 0.534 e. The molecule has 0 amide bonds. The van der Waals surface area contributed by atoms with Crippen molar-refractivity contribution in [2.45, 2.75) is 130 Å². The lowest BCUT2D eigenvalue weighted by Crippen LogP contribution is -2.34. The number of nitrogens with zero attached hydrogens (tertiary/aromatic N) is 3. The van der Waals surface area contributed by atoms with E-state index in [2.05, 4.69) is 124 Å². The summed E-state index contributed by atoms with van der Waals surface area (Å²) in [5, 5.41) is 10.1. The maximum absolute atomic E-state index is 14.1. The third-order valence-corrected chi connectivity index (χ3v) is 13.9. The predicted molar refractivity (Wildman–Crippen MR) is 259 cm³/mol. The molecule has 340 valence electrons. The van der Waals surface area contributed by atoms with Gasteiger partial charge in [-0.05, 0) is 125 Å². The molecule has 1 heterocycles. The Balaban J connectivity index is 1.52. The lowest BCUT2D eigenvalue weighted by atomic mass is 9.91. The van der Waals surface area contributed by atoms with Crippen molar-refractivity contribution in [1.82, 2.24) is 9.47 Å². The zero-order valence-corrected chi connectivity index (χ0v) is 39.4. The molecule has 3 aromatic carbocycles. The number of anilines is 2. The van der Waals surface area contributed by atoms with Crippen LogP contribution in [0.25, 0.3) is 39.3 Å². The van der Waals surface area contributed by atoms with E-state index in [1.165, 1.54) is 10.9 Å². The summed E-state index contributed by atoms with van der Waals surface area (Å²) in [7, 11) is -5.98. The minimum absolute atomic E-state index is 0.145. The zero-order valence-electron chi connectivity index (χ0n) is 38.5. The van der Waals surface area contributed by atoms with E-state index in [1.807, 2.05) is 18.2 Å². The van der Waals surface area contributed by atoms with Crippen molar-refractivity contribution in [1.29, 1.82) is 0 Å². The van der Waals surface area contributed by atoms with Crippen LogP contribution in [0.5, 0.6) is 0 Å². The summed E-state index contributed by atoms with van der Waals surface area (Å²) in [5.74, 6) is -0.279. The van der Waals surface area contributed by atoms with Crippen molar-refractivity contribution in [3.05, 3.63) is 112 Å². The quantitative estimate of drug-likeness (QED) is 0.0575. The Morgan fingerprint density at radius 3 is 2.27 bits per heavy atom. The highest BCUT2D eigenvalue weighted by atomic mass is 32.2. The fraction of sp³-hybridized carbons (Fsp3) is 0.462. The molecule has 2 aliphatic carbocycles. The lowest BCUT2D eigenvalue weighted by molar-refractivity contribution is -0.0521. The van der Waals surface area contributed by atoms with Gasteiger partial charge >= 0.3 is 15.6 Å². The third-order valence-electron chi connectivity index (χ3n) is 12.9. The Morgan fingerprint density at radius 1 is 0.905 bits per heavy atom. The molecule has 6 rings (SSSR count). The van der Waals surface area contributed by atoms with Gasteiger partial charge in [-0.3, -0.25) is 4.90 Å². The second kappa shape index (κ2) is 20.4. The number of hydrogen-bond donors (Lipinski definition) is 1. The Morgan fingerprint density at radius 2 is 1.60 bits per heavy atom. The highest BCUT2D eigenvalue weighted by Crippen LogP contribution is 2.40. The molecule has 4 aromatic rings. The molecule has 1 aromatic heterocycles. The standard InChI is InChI=1S/C52H67F3N4O3S/c1-10-19-36(8)56-44-30-32-45(57(12-3)13-4)41-24-17-23-40(49(41)44)35(7)27-28-38-21-16-22-39(51(38)62-63(60,61)52(53,54)55)29-31-47-43-26-18-25-42-46(58(14-5)15-6)33-34-48(50(42)43)59(47)37(9)20-11-2/h17-18,23-32,34,36-37,46,56H,7,10-16,19-22,33H2,1-6,8-9H3/b28-27+,39-29+,47-31+/t36?,37-,46?/m1/s1. The summed E-state index contributed by atoms with van der Waals surface area (Å²) in [6.07, 6.45) is 15.6. The third kappa shape index (κ3) is 9.85. The first kappa shape index (κ1) is 47.7. The van der Waals surface area contributed by atoms with Crippen molar-refractivity contribution in [3.63, 3.8) is 0 Å². The van der Waals surface area contributed by atoms with Crippen LogP contribution in [0.1, 0.15) is 130 Å². The number of allylic oxidation sites excluding steroid dienone is 6. The molecular formula is C52H67F3N4O3S. The monoisotopic (exact) mass is 884 g/mol. The summed E-state index contributed by atoms with van der Waals surface area (Å²) >= 11 is 0. The van der Waals surface area contributed by atoms with Crippen LogP contribution in [-0.4, -0.2) is 55.6 Å². The molecular weight excluding hydrogens is 818 g/mol. The number of alkyl halides is 3. The second-order valence-corrected chi connectivity index (χ2v) is 18.5. The van der Waals surface area contributed by atoms with Crippen LogP contribution in [0, 0.1) is 0 Å². The fourth-order valence-corrected chi connectivity index (χ4v) is 10.4. The molecule has 0 radical (unpaired) electrons. The van der Waals surface area contributed by atoms with Gasteiger partial charge in [0.2, 0.25) is 0 Å². The molecule has 2 unspecified atom stereocenters. The maximum Gasteiger partial charge on any atom is 0.534 e. The molecule has 0 aliphatic heterocycles. The lowest BCUT2D eigenvalue weighted by Gasteiger charge is -2.31. The maximum atomic E-state index is 14.1. The molecule has 0 bridgehead atoms. The van der Waals surface area contributed by atoms with Gasteiger partial charge in [0.15, 0.2) is 0 Å². The van der Waals surface area contributed by atoms with Crippen LogP contribution in [0.3, 0.4) is 0 Å². The van der Waals surface area contributed by atoms with Crippen LogP contribution < -0.4 is 20.9 Å². The van der Waals surface area contributed by atoms with Crippen LogP contribution in [0.15, 0.2) is 90.2 Å². The van der Waals surface area contributed by atoms with E-state index in [0.717, 1.165) is 102 Å². The number of fused-ring (bicyclic) bond motifs is 1. The van der Waals surface area contributed by atoms with E-state index in [0.29, 0.717) is 36.0 Å². The van der Waals surface area contributed by atoms with Gasteiger partial charge in [-0.25, -0.2) is 0 Å². The Bertz CT molecular complexity index is 2630. The molecule has 3 atom stereocenters. The number of halogens is 3. The smallest absolute Gasteiger partial charge is 0.382 e. The molecule has 11 heteroatoms. The van der Waals surface area contributed by atoms with E-state index in [9.17, 15) is 21.6 Å². The van der Waals surface area contributed by atoms with Gasteiger partial charge < -0.3 is 19.0 Å². The van der Waals surface area contributed by atoms with Crippen LogP contribution in [0.4, 0.5) is 24.5 Å². The Labute approximate surface area is 373 Å². The van der Waals surface area contributed by atoms with E-state index >= 15 is 0 Å². The van der Waals surface area contributed by atoms with E-state index < -0.39 is 15.6 Å². The fourth-order valence-electron chi connectivity index (χ4n) is 9.82. The first-order chi connectivity index (χ1) is 30.1.